The van der Waals surface area contributed by atoms with Crippen molar-refractivity contribution in [3.05, 3.63) is 24.3 Å². The Balaban J connectivity index is 1.85. The molecule has 100 valence electrons. The lowest BCUT2D eigenvalue weighted by Gasteiger charge is -2.28. The molecule has 0 saturated heterocycles. The third kappa shape index (κ3) is 1.86. The molecule has 4 nitrogen and oxygen atoms in total. The van der Waals surface area contributed by atoms with Crippen LogP contribution in [-0.2, 0) is 0 Å². The number of rotatable bonds is 2. The minimum absolute atomic E-state index is 0.274. The Bertz CT molecular complexity index is 599. The van der Waals surface area contributed by atoms with Crippen LogP contribution in [-0.4, -0.2) is 20.6 Å². The van der Waals surface area contributed by atoms with E-state index in [9.17, 15) is 0 Å². The van der Waals surface area contributed by atoms with E-state index in [0.717, 1.165) is 11.9 Å². The zero-order chi connectivity index (χ0) is 12.8. The molecule has 0 spiro atoms. The molecule has 4 rings (SSSR count). The number of aromatic nitrogens is 3. The zero-order valence-corrected chi connectivity index (χ0v) is 11.1. The van der Waals surface area contributed by atoms with Crippen LogP contribution >= 0.6 is 0 Å². The summed E-state index contributed by atoms with van der Waals surface area (Å²) in [4.78, 5) is 9.07. The molecule has 2 aromatic rings. The van der Waals surface area contributed by atoms with Crippen molar-refractivity contribution in [3.63, 3.8) is 0 Å². The van der Waals surface area contributed by atoms with Gasteiger partial charge in [-0.3, -0.25) is 4.98 Å². The highest BCUT2D eigenvalue weighted by Gasteiger charge is 2.34. The molecule has 0 bridgehead atoms. The number of hydrogen-bond donors (Lipinski definition) is 1. The second-order valence-electron chi connectivity index (χ2n) is 5.99. The van der Waals surface area contributed by atoms with Crippen LogP contribution in [0.2, 0.25) is 0 Å². The molecule has 2 heterocycles. The fourth-order valence-electron chi connectivity index (χ4n) is 3.43. The van der Waals surface area contributed by atoms with Gasteiger partial charge >= 0.3 is 0 Å². The molecule has 2 N–H and O–H groups in total. The van der Waals surface area contributed by atoms with E-state index in [1.54, 1.807) is 0 Å². The smallest absolute Gasteiger partial charge is 0.114 e. The van der Waals surface area contributed by atoms with Gasteiger partial charge in [0.15, 0.2) is 0 Å². The van der Waals surface area contributed by atoms with Crippen LogP contribution in [0.4, 0.5) is 0 Å². The quantitative estimate of drug-likeness (QED) is 0.898. The number of hydrogen-bond acceptors (Lipinski definition) is 3. The average molecular weight is 256 g/mol. The molecule has 0 amide bonds. The zero-order valence-electron chi connectivity index (χ0n) is 11.1. The van der Waals surface area contributed by atoms with Crippen molar-refractivity contribution in [2.75, 3.05) is 0 Å². The van der Waals surface area contributed by atoms with Crippen LogP contribution in [0.1, 0.15) is 56.3 Å². The maximum absolute atomic E-state index is 6.35. The van der Waals surface area contributed by atoms with Crippen molar-refractivity contribution in [2.24, 2.45) is 5.73 Å². The lowest BCUT2D eigenvalue weighted by atomic mass is 9.84. The maximum Gasteiger partial charge on any atom is 0.114 e. The lowest BCUT2D eigenvalue weighted by Crippen LogP contribution is -2.33. The fraction of sp³-hybridized carbons (Fsp3) is 0.600. The molecule has 19 heavy (non-hydrogen) atoms. The largest absolute Gasteiger partial charge is 0.327 e. The van der Waals surface area contributed by atoms with Gasteiger partial charge in [-0.2, -0.15) is 0 Å². The molecule has 0 aromatic carbocycles. The van der Waals surface area contributed by atoms with Gasteiger partial charge in [0.2, 0.25) is 0 Å². The number of fused-ring (bicyclic) bond motifs is 1. The molecule has 2 aliphatic carbocycles. The standard InChI is InChI=1S/C15H20N4/c16-12-4-2-1-3-11(12)15-18-13-9-17-8-7-14(13)19(15)10-5-6-10/h7-12H,1-6,16H2. The van der Waals surface area contributed by atoms with Crippen molar-refractivity contribution >= 4 is 11.0 Å². The van der Waals surface area contributed by atoms with E-state index in [0.29, 0.717) is 12.0 Å². The Morgan fingerprint density at radius 1 is 1.16 bits per heavy atom. The van der Waals surface area contributed by atoms with Crippen LogP contribution in [0.15, 0.2) is 18.5 Å². The van der Waals surface area contributed by atoms with Crippen molar-refractivity contribution in [2.45, 2.75) is 56.5 Å². The van der Waals surface area contributed by atoms with E-state index >= 15 is 0 Å². The molecule has 2 aliphatic rings. The number of pyridine rings is 1. The van der Waals surface area contributed by atoms with Crippen molar-refractivity contribution in [1.82, 2.24) is 14.5 Å². The molecule has 2 fully saturated rings. The third-order valence-corrected chi connectivity index (χ3v) is 4.58. The van der Waals surface area contributed by atoms with E-state index in [2.05, 4.69) is 15.6 Å². The van der Waals surface area contributed by atoms with E-state index in [4.69, 9.17) is 10.7 Å². The normalized spacial score (nSPS) is 27.8. The van der Waals surface area contributed by atoms with Crippen LogP contribution in [0.5, 0.6) is 0 Å². The number of imidazole rings is 1. The van der Waals surface area contributed by atoms with Crippen LogP contribution in [0.3, 0.4) is 0 Å². The fourth-order valence-corrected chi connectivity index (χ4v) is 3.43. The SMILES string of the molecule is NC1CCCCC1c1nc2cnccc2n1C1CC1. The molecule has 2 saturated carbocycles. The highest BCUT2D eigenvalue weighted by atomic mass is 15.1. The summed E-state index contributed by atoms with van der Waals surface area (Å²) in [5.74, 6) is 1.65. The van der Waals surface area contributed by atoms with E-state index < -0.39 is 0 Å². The first-order valence-corrected chi connectivity index (χ1v) is 7.42. The molecule has 2 aromatic heterocycles. The number of nitrogens with two attached hydrogens (primary N) is 1. The Kier molecular flexibility index (Phi) is 2.58. The summed E-state index contributed by atoms with van der Waals surface area (Å²) in [7, 11) is 0. The Hall–Kier alpha value is -1.42. The monoisotopic (exact) mass is 256 g/mol. The van der Waals surface area contributed by atoms with Gasteiger partial charge in [0, 0.05) is 24.2 Å². The first kappa shape index (κ1) is 11.4. The highest BCUT2D eigenvalue weighted by Crippen LogP contribution is 2.42. The summed E-state index contributed by atoms with van der Waals surface area (Å²) >= 11 is 0. The minimum Gasteiger partial charge on any atom is -0.327 e. The summed E-state index contributed by atoms with van der Waals surface area (Å²) in [6, 6.07) is 3.02. The van der Waals surface area contributed by atoms with Gasteiger partial charge in [-0.25, -0.2) is 4.98 Å². The maximum atomic E-state index is 6.35. The first-order chi connectivity index (χ1) is 9.34. The summed E-state index contributed by atoms with van der Waals surface area (Å²) < 4.78 is 2.45. The van der Waals surface area contributed by atoms with E-state index in [1.807, 2.05) is 12.4 Å². The van der Waals surface area contributed by atoms with Gasteiger partial charge in [-0.05, 0) is 31.7 Å². The third-order valence-electron chi connectivity index (χ3n) is 4.58. The second-order valence-corrected chi connectivity index (χ2v) is 5.99. The summed E-state index contributed by atoms with van der Waals surface area (Å²) in [6.07, 6.45) is 11.2. The molecule has 0 aliphatic heterocycles. The molecular formula is C15H20N4. The molecular weight excluding hydrogens is 236 g/mol. The highest BCUT2D eigenvalue weighted by molar-refractivity contribution is 5.75. The average Bonchev–Trinajstić information content (AvgIpc) is 3.19. The van der Waals surface area contributed by atoms with Gasteiger partial charge < -0.3 is 10.3 Å². The van der Waals surface area contributed by atoms with Crippen molar-refractivity contribution in [1.29, 1.82) is 0 Å². The lowest BCUT2D eigenvalue weighted by molar-refractivity contribution is 0.365. The predicted molar refractivity (Wildman–Crippen MR) is 75.0 cm³/mol. The predicted octanol–water partition coefficient (Wildman–Crippen LogP) is 2.75. The topological polar surface area (TPSA) is 56.7 Å². The minimum atomic E-state index is 0.274. The van der Waals surface area contributed by atoms with Crippen molar-refractivity contribution in [3.8, 4) is 0 Å². The van der Waals surface area contributed by atoms with E-state index in [-0.39, 0.29) is 6.04 Å². The molecule has 2 atom stereocenters. The van der Waals surface area contributed by atoms with Crippen LogP contribution < -0.4 is 5.73 Å². The molecule has 0 radical (unpaired) electrons. The number of nitrogens with zero attached hydrogens (tertiary/aromatic N) is 3. The van der Waals surface area contributed by atoms with Crippen LogP contribution in [0.25, 0.3) is 11.0 Å². The van der Waals surface area contributed by atoms with Gasteiger partial charge in [0.1, 0.15) is 11.3 Å². The molecule has 2 unspecified atom stereocenters. The summed E-state index contributed by atoms with van der Waals surface area (Å²) in [6.45, 7) is 0. The van der Waals surface area contributed by atoms with Gasteiger partial charge in [0.05, 0.1) is 11.7 Å². The first-order valence-electron chi connectivity index (χ1n) is 7.42. The summed E-state index contributed by atoms with van der Waals surface area (Å²) in [5.41, 5.74) is 8.62. The Morgan fingerprint density at radius 3 is 2.79 bits per heavy atom. The Morgan fingerprint density at radius 2 is 2.00 bits per heavy atom. The van der Waals surface area contributed by atoms with Crippen molar-refractivity contribution < 1.29 is 0 Å². The van der Waals surface area contributed by atoms with Gasteiger partial charge in [0.25, 0.3) is 0 Å². The van der Waals surface area contributed by atoms with E-state index in [1.165, 1.54) is 43.4 Å². The summed E-state index contributed by atoms with van der Waals surface area (Å²) in [5, 5.41) is 0. The van der Waals surface area contributed by atoms with Crippen LogP contribution in [0, 0.1) is 0 Å². The molecule has 4 heteroatoms. The van der Waals surface area contributed by atoms with Gasteiger partial charge in [-0.15, -0.1) is 0 Å². The second kappa shape index (κ2) is 4.30. The Labute approximate surface area is 113 Å². The van der Waals surface area contributed by atoms with Gasteiger partial charge in [-0.1, -0.05) is 12.8 Å².